The van der Waals surface area contributed by atoms with Gasteiger partial charge in [0, 0.05) is 19.2 Å². The van der Waals surface area contributed by atoms with Gasteiger partial charge in [-0.2, -0.15) is 5.10 Å². The summed E-state index contributed by atoms with van der Waals surface area (Å²) in [6.45, 7) is 2.07. The van der Waals surface area contributed by atoms with Crippen LogP contribution >= 0.6 is 28.1 Å². The summed E-state index contributed by atoms with van der Waals surface area (Å²) >= 11 is 8.11. The third-order valence-electron chi connectivity index (χ3n) is 2.45. The van der Waals surface area contributed by atoms with E-state index in [-0.39, 0.29) is 5.11 Å². The third kappa shape index (κ3) is 3.19. The maximum absolute atomic E-state index is 5.69. The highest BCUT2D eigenvalue weighted by atomic mass is 79.9. The molecular formula is C10H13BrN4OS. The van der Waals surface area contributed by atoms with Crippen LogP contribution < -0.4 is 16.1 Å². The van der Waals surface area contributed by atoms with Gasteiger partial charge in [0.15, 0.2) is 10.9 Å². The second-order valence-electron chi connectivity index (χ2n) is 3.73. The van der Waals surface area contributed by atoms with Crippen LogP contribution in [0.2, 0.25) is 0 Å². The molecule has 0 bridgehead atoms. The second-order valence-corrected chi connectivity index (χ2v) is 5.02. The maximum atomic E-state index is 5.69. The van der Waals surface area contributed by atoms with Crippen molar-refractivity contribution in [3.05, 3.63) is 16.3 Å². The molecule has 0 aromatic carbocycles. The first-order valence-corrected chi connectivity index (χ1v) is 6.50. The number of hydrogen-bond donors (Lipinski definition) is 2. The summed E-state index contributed by atoms with van der Waals surface area (Å²) in [6.07, 6.45) is 3.96. The van der Waals surface area contributed by atoms with Crippen LogP contribution in [-0.4, -0.2) is 24.4 Å². The largest absolute Gasteiger partial charge is 0.438 e. The first-order valence-electron chi connectivity index (χ1n) is 5.29. The molecule has 0 aliphatic carbocycles. The number of halogens is 1. The zero-order chi connectivity index (χ0) is 12.3. The quantitative estimate of drug-likeness (QED) is 0.506. The van der Waals surface area contributed by atoms with Crippen LogP contribution in [0, 0.1) is 0 Å². The Morgan fingerprint density at radius 1 is 1.59 bits per heavy atom. The number of nitrogens with two attached hydrogens (primary N) is 1. The van der Waals surface area contributed by atoms with E-state index < -0.39 is 0 Å². The van der Waals surface area contributed by atoms with Crippen molar-refractivity contribution in [1.82, 2.24) is 5.43 Å². The van der Waals surface area contributed by atoms with Gasteiger partial charge in [0.1, 0.15) is 0 Å². The monoisotopic (exact) mass is 316 g/mol. The fourth-order valence-corrected chi connectivity index (χ4v) is 2.35. The van der Waals surface area contributed by atoms with Gasteiger partial charge in [-0.1, -0.05) is 0 Å². The fourth-order valence-electron chi connectivity index (χ4n) is 1.74. The standard InChI is InChI=1S/C10H13BrN4OS/c11-8-5-7(6-13-14-10(12)17)16-9(8)15-3-1-2-4-15/h5-6H,1-4H2,(H3,12,14,17)/b13-6-. The lowest BCUT2D eigenvalue weighted by Crippen LogP contribution is -2.23. The zero-order valence-corrected chi connectivity index (χ0v) is 11.6. The minimum absolute atomic E-state index is 0.131. The lowest BCUT2D eigenvalue weighted by molar-refractivity contribution is 0.549. The zero-order valence-electron chi connectivity index (χ0n) is 9.15. The molecule has 0 saturated carbocycles. The van der Waals surface area contributed by atoms with Gasteiger partial charge in [-0.15, -0.1) is 0 Å². The van der Waals surface area contributed by atoms with E-state index in [9.17, 15) is 0 Å². The molecule has 0 amide bonds. The molecule has 0 radical (unpaired) electrons. The lowest BCUT2D eigenvalue weighted by atomic mass is 10.4. The summed E-state index contributed by atoms with van der Waals surface area (Å²) in [5.74, 6) is 1.52. The summed E-state index contributed by atoms with van der Waals surface area (Å²) < 4.78 is 6.63. The molecule has 1 aliphatic heterocycles. The van der Waals surface area contributed by atoms with Gasteiger partial charge < -0.3 is 15.1 Å². The topological polar surface area (TPSA) is 66.8 Å². The van der Waals surface area contributed by atoms with Gasteiger partial charge in [0.2, 0.25) is 5.88 Å². The number of hydrazone groups is 1. The number of nitrogens with zero attached hydrogens (tertiary/aromatic N) is 2. The van der Waals surface area contributed by atoms with Crippen LogP contribution in [0.3, 0.4) is 0 Å². The van der Waals surface area contributed by atoms with E-state index in [1.807, 2.05) is 6.07 Å². The van der Waals surface area contributed by atoms with E-state index in [4.69, 9.17) is 10.2 Å². The molecule has 1 fully saturated rings. The van der Waals surface area contributed by atoms with Gasteiger partial charge in [0.25, 0.3) is 0 Å². The van der Waals surface area contributed by atoms with Crippen molar-refractivity contribution in [3.8, 4) is 0 Å². The molecule has 92 valence electrons. The molecule has 3 N–H and O–H groups in total. The van der Waals surface area contributed by atoms with E-state index in [1.165, 1.54) is 12.8 Å². The first kappa shape index (κ1) is 12.4. The van der Waals surface area contributed by atoms with Gasteiger partial charge in [-0.05, 0) is 41.0 Å². The van der Waals surface area contributed by atoms with Crippen molar-refractivity contribution in [1.29, 1.82) is 0 Å². The highest BCUT2D eigenvalue weighted by Gasteiger charge is 2.19. The molecule has 0 unspecified atom stereocenters. The first-order chi connectivity index (χ1) is 8.16. The fraction of sp³-hybridized carbons (Fsp3) is 0.400. The molecule has 2 heterocycles. The van der Waals surface area contributed by atoms with Crippen LogP contribution in [0.5, 0.6) is 0 Å². The van der Waals surface area contributed by atoms with Crippen molar-refractivity contribution < 1.29 is 4.42 Å². The molecule has 0 spiro atoms. The summed E-state index contributed by atoms with van der Waals surface area (Å²) in [5.41, 5.74) is 7.73. The van der Waals surface area contributed by atoms with E-state index in [0.717, 1.165) is 23.4 Å². The highest BCUT2D eigenvalue weighted by Crippen LogP contribution is 2.31. The highest BCUT2D eigenvalue weighted by molar-refractivity contribution is 9.10. The van der Waals surface area contributed by atoms with Crippen LogP contribution in [0.15, 0.2) is 20.1 Å². The van der Waals surface area contributed by atoms with E-state index in [0.29, 0.717) is 5.76 Å². The minimum atomic E-state index is 0.131. The molecule has 1 aromatic rings. The Labute approximate surface area is 113 Å². The molecule has 1 aromatic heterocycles. The maximum Gasteiger partial charge on any atom is 0.210 e. The van der Waals surface area contributed by atoms with Crippen molar-refractivity contribution in [2.45, 2.75) is 12.8 Å². The molecule has 1 saturated heterocycles. The molecule has 0 atom stereocenters. The van der Waals surface area contributed by atoms with Gasteiger partial charge in [0.05, 0.1) is 10.7 Å². The van der Waals surface area contributed by atoms with E-state index in [2.05, 4.69) is 43.6 Å². The lowest BCUT2D eigenvalue weighted by Gasteiger charge is -2.13. The summed E-state index contributed by atoms with van der Waals surface area (Å²) in [7, 11) is 0. The van der Waals surface area contributed by atoms with E-state index >= 15 is 0 Å². The number of hydrogen-bond acceptors (Lipinski definition) is 4. The SMILES string of the molecule is NC(=S)N/N=C\c1cc(Br)c(N2CCCC2)o1. The van der Waals surface area contributed by atoms with Crippen molar-refractivity contribution in [2.75, 3.05) is 18.0 Å². The smallest absolute Gasteiger partial charge is 0.210 e. The Kier molecular flexibility index (Phi) is 4.01. The normalized spacial score (nSPS) is 15.7. The van der Waals surface area contributed by atoms with Gasteiger partial charge in [-0.25, -0.2) is 0 Å². The second kappa shape index (κ2) is 5.50. The summed E-state index contributed by atoms with van der Waals surface area (Å²) in [6, 6.07) is 1.87. The Balaban J connectivity index is 2.07. The van der Waals surface area contributed by atoms with E-state index in [1.54, 1.807) is 6.21 Å². The molecule has 7 heteroatoms. The molecular weight excluding hydrogens is 304 g/mol. The predicted octanol–water partition coefficient (Wildman–Crippen LogP) is 1.81. The molecule has 5 nitrogen and oxygen atoms in total. The van der Waals surface area contributed by atoms with Crippen molar-refractivity contribution in [3.63, 3.8) is 0 Å². The molecule has 1 aliphatic rings. The number of anilines is 1. The van der Waals surface area contributed by atoms with Gasteiger partial charge >= 0.3 is 0 Å². The molecule has 17 heavy (non-hydrogen) atoms. The van der Waals surface area contributed by atoms with Crippen molar-refractivity contribution >= 4 is 45.4 Å². The van der Waals surface area contributed by atoms with Crippen LogP contribution in [-0.2, 0) is 0 Å². The Bertz CT molecular complexity index is 440. The third-order valence-corrected chi connectivity index (χ3v) is 3.11. The van der Waals surface area contributed by atoms with Gasteiger partial charge in [-0.3, -0.25) is 5.43 Å². The Hall–Kier alpha value is -1.08. The van der Waals surface area contributed by atoms with Crippen LogP contribution in [0.25, 0.3) is 0 Å². The predicted molar refractivity (Wildman–Crippen MR) is 75.4 cm³/mol. The number of rotatable bonds is 3. The Morgan fingerprint density at radius 3 is 2.94 bits per heavy atom. The number of thiocarbonyl (C=S) groups is 1. The summed E-state index contributed by atoms with van der Waals surface area (Å²) in [5, 5.41) is 3.98. The average molecular weight is 317 g/mol. The minimum Gasteiger partial charge on any atom is -0.438 e. The number of nitrogens with one attached hydrogen (secondary N) is 1. The Morgan fingerprint density at radius 2 is 2.29 bits per heavy atom. The average Bonchev–Trinajstić information content (AvgIpc) is 2.86. The van der Waals surface area contributed by atoms with Crippen LogP contribution in [0.4, 0.5) is 5.88 Å². The number of furan rings is 1. The van der Waals surface area contributed by atoms with Crippen LogP contribution in [0.1, 0.15) is 18.6 Å². The summed E-state index contributed by atoms with van der Waals surface area (Å²) in [4.78, 5) is 2.21. The molecule has 2 rings (SSSR count). The van der Waals surface area contributed by atoms with Crippen molar-refractivity contribution in [2.24, 2.45) is 10.8 Å².